The van der Waals surface area contributed by atoms with E-state index in [1.807, 2.05) is 13.0 Å². The summed E-state index contributed by atoms with van der Waals surface area (Å²) in [6, 6.07) is 5.34. The highest BCUT2D eigenvalue weighted by Crippen LogP contribution is 2.23. The van der Waals surface area contributed by atoms with Crippen molar-refractivity contribution < 1.29 is 19.4 Å². The molecular weight excluding hydrogens is 398 g/mol. The van der Waals surface area contributed by atoms with Crippen LogP contribution >= 0.6 is 11.6 Å². The number of carboxylic acids is 1. The number of carboxylic acid groups (broad SMARTS) is 1. The normalized spacial score (nSPS) is 10.8. The highest BCUT2D eigenvalue weighted by atomic mass is 35.5. The van der Waals surface area contributed by atoms with Gasteiger partial charge in [0.25, 0.3) is 5.91 Å². The van der Waals surface area contributed by atoms with E-state index < -0.39 is 11.9 Å². The van der Waals surface area contributed by atoms with Crippen molar-refractivity contribution >= 4 is 29.2 Å². The molecule has 2 heterocycles. The van der Waals surface area contributed by atoms with Gasteiger partial charge < -0.3 is 15.2 Å². The molecule has 0 saturated carbocycles. The summed E-state index contributed by atoms with van der Waals surface area (Å²) in [6.07, 6.45) is 1.28. The molecule has 0 aliphatic carbocycles. The second kappa shape index (κ2) is 7.96. The zero-order valence-corrected chi connectivity index (χ0v) is 17.1. The van der Waals surface area contributed by atoms with Crippen molar-refractivity contribution in [1.82, 2.24) is 19.6 Å². The van der Waals surface area contributed by atoms with Crippen molar-refractivity contribution in [3.63, 3.8) is 0 Å². The molecule has 0 aliphatic rings. The predicted molar refractivity (Wildman–Crippen MR) is 107 cm³/mol. The number of aromatic carboxylic acids is 1. The molecule has 0 aliphatic heterocycles. The largest absolute Gasteiger partial charge is 0.478 e. The molecule has 3 aromatic rings. The zero-order valence-electron chi connectivity index (χ0n) is 16.4. The summed E-state index contributed by atoms with van der Waals surface area (Å²) in [5.41, 5.74) is 2.27. The van der Waals surface area contributed by atoms with Crippen LogP contribution in [-0.4, -0.2) is 36.5 Å². The lowest BCUT2D eigenvalue weighted by Crippen LogP contribution is -2.17. The van der Waals surface area contributed by atoms with Gasteiger partial charge in [-0.05, 0) is 44.5 Å². The highest BCUT2D eigenvalue weighted by Gasteiger charge is 2.23. The number of carbonyl (C=O) groups is 2. The van der Waals surface area contributed by atoms with Crippen LogP contribution in [0.5, 0.6) is 5.75 Å². The summed E-state index contributed by atoms with van der Waals surface area (Å²) in [6.45, 7) is 5.54. The number of halogens is 1. The van der Waals surface area contributed by atoms with Gasteiger partial charge in [-0.15, -0.1) is 0 Å². The van der Waals surface area contributed by atoms with Gasteiger partial charge in [0.2, 0.25) is 0 Å². The first kappa shape index (κ1) is 20.4. The van der Waals surface area contributed by atoms with Gasteiger partial charge in [0, 0.05) is 18.3 Å². The van der Waals surface area contributed by atoms with Gasteiger partial charge in [0.1, 0.15) is 11.3 Å². The molecule has 29 heavy (non-hydrogen) atoms. The molecule has 0 radical (unpaired) electrons. The molecule has 0 spiro atoms. The summed E-state index contributed by atoms with van der Waals surface area (Å²) in [5, 5.41) is 20.9. The minimum Gasteiger partial charge on any atom is -0.478 e. The number of hydrogen-bond acceptors (Lipinski definition) is 5. The van der Waals surface area contributed by atoms with Crippen LogP contribution in [0.4, 0.5) is 5.69 Å². The van der Waals surface area contributed by atoms with Crippen LogP contribution in [0.1, 0.15) is 37.8 Å². The van der Waals surface area contributed by atoms with E-state index in [4.69, 9.17) is 16.3 Å². The fourth-order valence-corrected chi connectivity index (χ4v) is 2.95. The fourth-order valence-electron chi connectivity index (χ4n) is 2.83. The zero-order chi connectivity index (χ0) is 21.3. The molecule has 10 heteroatoms. The Labute approximate surface area is 171 Å². The molecule has 2 aromatic heterocycles. The third-order valence-electron chi connectivity index (χ3n) is 4.38. The third kappa shape index (κ3) is 4.24. The monoisotopic (exact) mass is 417 g/mol. The first-order valence-corrected chi connectivity index (χ1v) is 9.06. The lowest BCUT2D eigenvalue weighted by atomic mass is 10.2. The standard InChI is InChI=1S/C19H20ClN5O4/c1-10-7-13(5-6-15(10)20)29-9-25-12(3)16(11(2)22-25)21-18(26)17-14(19(27)28)8-24(4)23-17/h5-8H,9H2,1-4H3,(H,21,26)(H,27,28). The predicted octanol–water partition coefficient (Wildman–Crippen LogP) is 3.18. The number of ether oxygens (including phenoxy) is 1. The van der Waals surface area contributed by atoms with E-state index in [9.17, 15) is 14.7 Å². The number of benzene rings is 1. The summed E-state index contributed by atoms with van der Waals surface area (Å²) in [4.78, 5) is 23.9. The number of amides is 1. The van der Waals surface area contributed by atoms with Crippen molar-refractivity contribution in [2.45, 2.75) is 27.5 Å². The van der Waals surface area contributed by atoms with Crippen molar-refractivity contribution in [2.75, 3.05) is 5.32 Å². The Hall–Kier alpha value is -3.33. The van der Waals surface area contributed by atoms with E-state index >= 15 is 0 Å². The Morgan fingerprint density at radius 2 is 1.97 bits per heavy atom. The van der Waals surface area contributed by atoms with Gasteiger partial charge in [-0.2, -0.15) is 10.2 Å². The molecule has 0 saturated heterocycles. The molecule has 9 nitrogen and oxygen atoms in total. The Morgan fingerprint density at radius 1 is 1.24 bits per heavy atom. The number of rotatable bonds is 6. The summed E-state index contributed by atoms with van der Waals surface area (Å²) in [5.74, 6) is -1.20. The van der Waals surface area contributed by atoms with Crippen molar-refractivity contribution in [1.29, 1.82) is 0 Å². The first-order chi connectivity index (χ1) is 13.7. The van der Waals surface area contributed by atoms with E-state index in [0.29, 0.717) is 27.8 Å². The maximum atomic E-state index is 12.6. The first-order valence-electron chi connectivity index (χ1n) is 8.68. The number of aromatic nitrogens is 4. The molecule has 0 bridgehead atoms. The second-order valence-corrected chi connectivity index (χ2v) is 6.96. The Kier molecular flexibility index (Phi) is 5.60. The molecule has 152 valence electrons. The average molecular weight is 418 g/mol. The van der Waals surface area contributed by atoms with Crippen LogP contribution in [-0.2, 0) is 13.8 Å². The third-order valence-corrected chi connectivity index (χ3v) is 4.80. The van der Waals surface area contributed by atoms with Gasteiger partial charge >= 0.3 is 5.97 Å². The number of nitrogens with one attached hydrogen (secondary N) is 1. The van der Waals surface area contributed by atoms with Crippen molar-refractivity contribution in [3.8, 4) is 5.75 Å². The number of aryl methyl sites for hydroxylation is 3. The quantitative estimate of drug-likeness (QED) is 0.637. The molecular formula is C19H20ClN5O4. The molecule has 0 unspecified atom stereocenters. The van der Waals surface area contributed by atoms with Crippen molar-refractivity contribution in [3.05, 3.63) is 57.6 Å². The van der Waals surface area contributed by atoms with Crippen LogP contribution in [0.3, 0.4) is 0 Å². The Balaban J connectivity index is 1.78. The lowest BCUT2D eigenvalue weighted by molar-refractivity contribution is 0.0692. The molecule has 1 amide bonds. The summed E-state index contributed by atoms with van der Waals surface area (Å²) >= 11 is 6.02. The van der Waals surface area contributed by atoms with Gasteiger partial charge in [0.05, 0.1) is 17.1 Å². The minimum absolute atomic E-state index is 0.133. The number of anilines is 1. The van der Waals surface area contributed by atoms with Crippen LogP contribution in [0, 0.1) is 20.8 Å². The molecule has 2 N–H and O–H groups in total. The van der Waals surface area contributed by atoms with Crippen LogP contribution < -0.4 is 10.1 Å². The van der Waals surface area contributed by atoms with E-state index in [2.05, 4.69) is 15.5 Å². The second-order valence-electron chi connectivity index (χ2n) is 6.55. The smallest absolute Gasteiger partial charge is 0.339 e. The van der Waals surface area contributed by atoms with E-state index in [0.717, 1.165) is 5.56 Å². The topological polar surface area (TPSA) is 111 Å². The van der Waals surface area contributed by atoms with E-state index in [1.165, 1.54) is 10.9 Å². The van der Waals surface area contributed by atoms with Crippen LogP contribution in [0.25, 0.3) is 0 Å². The van der Waals surface area contributed by atoms with Gasteiger partial charge in [0.15, 0.2) is 12.4 Å². The maximum Gasteiger partial charge on any atom is 0.339 e. The van der Waals surface area contributed by atoms with E-state index in [-0.39, 0.29) is 18.0 Å². The lowest BCUT2D eigenvalue weighted by Gasteiger charge is -2.10. The average Bonchev–Trinajstić information content (AvgIpc) is 3.18. The SMILES string of the molecule is Cc1cc(OCn2nc(C)c(NC(=O)c3nn(C)cc3C(=O)O)c2C)ccc1Cl. The highest BCUT2D eigenvalue weighted by molar-refractivity contribution is 6.31. The number of nitrogens with zero attached hydrogens (tertiary/aromatic N) is 4. The van der Waals surface area contributed by atoms with Crippen molar-refractivity contribution in [2.24, 2.45) is 7.05 Å². The van der Waals surface area contributed by atoms with Gasteiger partial charge in [-0.25, -0.2) is 9.48 Å². The van der Waals surface area contributed by atoms with Crippen LogP contribution in [0.15, 0.2) is 24.4 Å². The molecule has 0 atom stereocenters. The molecule has 1 aromatic carbocycles. The number of hydrogen-bond donors (Lipinski definition) is 2. The van der Waals surface area contributed by atoms with Gasteiger partial charge in [-0.1, -0.05) is 11.6 Å². The number of carbonyl (C=O) groups excluding carboxylic acids is 1. The maximum absolute atomic E-state index is 12.6. The Morgan fingerprint density at radius 3 is 2.62 bits per heavy atom. The van der Waals surface area contributed by atoms with Crippen LogP contribution in [0.2, 0.25) is 5.02 Å². The summed E-state index contributed by atoms with van der Waals surface area (Å²) < 4.78 is 8.64. The summed E-state index contributed by atoms with van der Waals surface area (Å²) in [7, 11) is 1.55. The Bertz CT molecular complexity index is 1100. The molecule has 0 fully saturated rings. The van der Waals surface area contributed by atoms with Gasteiger partial charge in [-0.3, -0.25) is 9.48 Å². The minimum atomic E-state index is -1.22. The van der Waals surface area contributed by atoms with E-state index in [1.54, 1.807) is 37.7 Å². The fraction of sp³-hybridized carbons (Fsp3) is 0.263. The molecule has 3 rings (SSSR count).